The van der Waals surface area contributed by atoms with Gasteiger partial charge in [0.1, 0.15) is 24.3 Å². The number of ether oxygens (including phenoxy) is 3. The Kier molecular flexibility index (Phi) is 6.91. The minimum atomic E-state index is -0.0580. The third-order valence-corrected chi connectivity index (χ3v) is 2.36. The second-order valence-electron chi connectivity index (χ2n) is 3.66. The maximum absolute atomic E-state index is 9.16. The molecule has 106 valence electrons. The standard InChI is InChI=1S/C14H16N2O4/c1-2-19-13-4-3-11(9-15)12(10-16)14(13)20-8-7-18-6-5-17/h3-4,17H,2,5-8H2,1H3. The lowest BCUT2D eigenvalue weighted by molar-refractivity contribution is 0.0696. The Balaban J connectivity index is 2.89. The number of nitriles is 2. The normalized spacial score (nSPS) is 9.60. The molecule has 1 aromatic carbocycles. The Bertz CT molecular complexity index is 517. The SMILES string of the molecule is CCOc1ccc(C#N)c(C#N)c1OCCOCCO. The summed E-state index contributed by atoms with van der Waals surface area (Å²) < 4.78 is 16.0. The Labute approximate surface area is 117 Å². The van der Waals surface area contributed by atoms with Crippen LogP contribution in [0.15, 0.2) is 12.1 Å². The molecular formula is C14H16N2O4. The van der Waals surface area contributed by atoms with E-state index in [4.69, 9.17) is 29.8 Å². The molecule has 0 aliphatic carbocycles. The highest BCUT2D eigenvalue weighted by Crippen LogP contribution is 2.33. The fourth-order valence-corrected chi connectivity index (χ4v) is 1.55. The number of benzene rings is 1. The number of rotatable bonds is 8. The van der Waals surface area contributed by atoms with Gasteiger partial charge in [-0.05, 0) is 19.1 Å². The summed E-state index contributed by atoms with van der Waals surface area (Å²) in [6.45, 7) is 2.88. The highest BCUT2D eigenvalue weighted by atomic mass is 16.5. The Hall–Kier alpha value is -2.28. The minimum Gasteiger partial charge on any atom is -0.490 e. The fourth-order valence-electron chi connectivity index (χ4n) is 1.55. The van der Waals surface area contributed by atoms with Crippen molar-refractivity contribution in [3.05, 3.63) is 23.3 Å². The fraction of sp³-hybridized carbons (Fsp3) is 0.429. The molecule has 6 heteroatoms. The van der Waals surface area contributed by atoms with Crippen molar-refractivity contribution in [2.24, 2.45) is 0 Å². The van der Waals surface area contributed by atoms with Crippen molar-refractivity contribution in [2.45, 2.75) is 6.92 Å². The number of aliphatic hydroxyl groups excluding tert-OH is 1. The molecule has 0 saturated carbocycles. The van der Waals surface area contributed by atoms with Gasteiger partial charge in [-0.15, -0.1) is 0 Å². The lowest BCUT2D eigenvalue weighted by Gasteiger charge is -2.14. The average molecular weight is 276 g/mol. The quantitative estimate of drug-likeness (QED) is 0.717. The van der Waals surface area contributed by atoms with Crippen LogP contribution in [0, 0.1) is 22.7 Å². The van der Waals surface area contributed by atoms with Crippen LogP contribution < -0.4 is 9.47 Å². The average Bonchev–Trinajstić information content (AvgIpc) is 2.48. The van der Waals surface area contributed by atoms with Gasteiger partial charge in [-0.3, -0.25) is 0 Å². The van der Waals surface area contributed by atoms with Gasteiger partial charge in [-0.2, -0.15) is 10.5 Å². The van der Waals surface area contributed by atoms with Crippen LogP contribution in [-0.4, -0.2) is 38.1 Å². The first kappa shape index (κ1) is 15.8. The summed E-state index contributed by atoms with van der Waals surface area (Å²) in [5.74, 6) is 0.672. The van der Waals surface area contributed by atoms with Crippen molar-refractivity contribution in [2.75, 3.05) is 33.0 Å². The highest BCUT2D eigenvalue weighted by molar-refractivity contribution is 5.60. The van der Waals surface area contributed by atoms with E-state index in [0.717, 1.165) is 0 Å². The molecule has 6 nitrogen and oxygen atoms in total. The number of hydrogen-bond acceptors (Lipinski definition) is 6. The molecule has 0 aliphatic heterocycles. The predicted octanol–water partition coefficient (Wildman–Crippen LogP) is 1.22. The number of aliphatic hydroxyl groups is 1. The lowest BCUT2D eigenvalue weighted by atomic mass is 10.1. The van der Waals surface area contributed by atoms with E-state index in [9.17, 15) is 0 Å². The van der Waals surface area contributed by atoms with E-state index in [0.29, 0.717) is 12.4 Å². The molecule has 0 heterocycles. The summed E-state index contributed by atoms with van der Waals surface area (Å²) in [6, 6.07) is 7.03. The van der Waals surface area contributed by atoms with E-state index < -0.39 is 0 Å². The third kappa shape index (κ3) is 4.13. The number of nitrogens with zero attached hydrogens (tertiary/aromatic N) is 2. The van der Waals surface area contributed by atoms with Gasteiger partial charge >= 0.3 is 0 Å². The topological polar surface area (TPSA) is 95.5 Å². The first-order valence-electron chi connectivity index (χ1n) is 6.19. The molecule has 20 heavy (non-hydrogen) atoms. The Morgan fingerprint density at radius 1 is 1.10 bits per heavy atom. The van der Waals surface area contributed by atoms with Gasteiger partial charge < -0.3 is 19.3 Å². The van der Waals surface area contributed by atoms with Crippen molar-refractivity contribution in [3.8, 4) is 23.6 Å². The van der Waals surface area contributed by atoms with E-state index >= 15 is 0 Å². The Morgan fingerprint density at radius 2 is 1.90 bits per heavy atom. The molecule has 0 amide bonds. The van der Waals surface area contributed by atoms with Gasteiger partial charge in [-0.1, -0.05) is 0 Å². The lowest BCUT2D eigenvalue weighted by Crippen LogP contribution is -2.11. The summed E-state index contributed by atoms with van der Waals surface area (Å²) in [4.78, 5) is 0. The highest BCUT2D eigenvalue weighted by Gasteiger charge is 2.15. The molecule has 1 N–H and O–H groups in total. The molecule has 1 aromatic rings. The molecule has 1 rings (SSSR count). The molecule has 0 radical (unpaired) electrons. The van der Waals surface area contributed by atoms with Gasteiger partial charge in [-0.25, -0.2) is 0 Å². The zero-order valence-electron chi connectivity index (χ0n) is 11.3. The predicted molar refractivity (Wildman–Crippen MR) is 70.4 cm³/mol. The second-order valence-corrected chi connectivity index (χ2v) is 3.66. The minimum absolute atomic E-state index is 0.0580. The van der Waals surface area contributed by atoms with Crippen molar-refractivity contribution in [1.29, 1.82) is 10.5 Å². The van der Waals surface area contributed by atoms with Crippen LogP contribution in [0.5, 0.6) is 11.5 Å². The Morgan fingerprint density at radius 3 is 2.50 bits per heavy atom. The maximum atomic E-state index is 9.16. The van der Waals surface area contributed by atoms with Crippen LogP contribution in [-0.2, 0) is 4.74 Å². The van der Waals surface area contributed by atoms with Crippen LogP contribution in [0.3, 0.4) is 0 Å². The van der Waals surface area contributed by atoms with E-state index in [1.54, 1.807) is 6.07 Å². The van der Waals surface area contributed by atoms with Gasteiger partial charge in [0.05, 0.1) is 32.0 Å². The largest absolute Gasteiger partial charge is 0.490 e. The van der Waals surface area contributed by atoms with Crippen LogP contribution in [0.4, 0.5) is 0 Å². The first-order chi connectivity index (χ1) is 9.78. The van der Waals surface area contributed by atoms with E-state index in [-0.39, 0.29) is 43.3 Å². The maximum Gasteiger partial charge on any atom is 0.180 e. The molecule has 0 fully saturated rings. The number of hydrogen-bond donors (Lipinski definition) is 1. The van der Waals surface area contributed by atoms with Crippen LogP contribution in [0.2, 0.25) is 0 Å². The van der Waals surface area contributed by atoms with E-state index in [1.807, 2.05) is 19.1 Å². The molecule has 0 saturated heterocycles. The van der Waals surface area contributed by atoms with Crippen LogP contribution >= 0.6 is 0 Å². The zero-order chi connectivity index (χ0) is 14.8. The third-order valence-electron chi connectivity index (χ3n) is 2.36. The zero-order valence-corrected chi connectivity index (χ0v) is 11.3. The van der Waals surface area contributed by atoms with Crippen molar-refractivity contribution in [1.82, 2.24) is 0 Å². The van der Waals surface area contributed by atoms with E-state index in [2.05, 4.69) is 0 Å². The van der Waals surface area contributed by atoms with Crippen molar-refractivity contribution >= 4 is 0 Å². The molecule has 0 spiro atoms. The first-order valence-corrected chi connectivity index (χ1v) is 6.19. The van der Waals surface area contributed by atoms with Crippen molar-refractivity contribution in [3.63, 3.8) is 0 Å². The van der Waals surface area contributed by atoms with E-state index in [1.165, 1.54) is 6.07 Å². The smallest absolute Gasteiger partial charge is 0.180 e. The summed E-state index contributed by atoms with van der Waals surface area (Å²) in [6.07, 6.45) is 0. The molecule has 0 aromatic heterocycles. The van der Waals surface area contributed by atoms with Crippen LogP contribution in [0.1, 0.15) is 18.1 Å². The van der Waals surface area contributed by atoms with Gasteiger partial charge in [0.2, 0.25) is 0 Å². The van der Waals surface area contributed by atoms with Gasteiger partial charge in [0.15, 0.2) is 11.5 Å². The summed E-state index contributed by atoms with van der Waals surface area (Å²) in [5.41, 5.74) is 0.392. The molecule has 0 bridgehead atoms. The van der Waals surface area contributed by atoms with Gasteiger partial charge in [0, 0.05) is 0 Å². The monoisotopic (exact) mass is 276 g/mol. The summed E-state index contributed by atoms with van der Waals surface area (Å²) in [5, 5.41) is 26.7. The van der Waals surface area contributed by atoms with Crippen LogP contribution in [0.25, 0.3) is 0 Å². The molecular weight excluding hydrogens is 260 g/mol. The summed E-state index contributed by atoms with van der Waals surface area (Å²) >= 11 is 0. The second kappa shape index (κ2) is 8.76. The van der Waals surface area contributed by atoms with Crippen molar-refractivity contribution < 1.29 is 19.3 Å². The molecule has 0 aliphatic rings. The molecule has 0 atom stereocenters. The molecule has 0 unspecified atom stereocenters. The summed E-state index contributed by atoms with van der Waals surface area (Å²) in [7, 11) is 0. The van der Waals surface area contributed by atoms with Gasteiger partial charge in [0.25, 0.3) is 0 Å².